The van der Waals surface area contributed by atoms with Gasteiger partial charge in [-0.05, 0) is 43.0 Å². The summed E-state index contributed by atoms with van der Waals surface area (Å²) in [5.41, 5.74) is 0.862. The van der Waals surface area contributed by atoms with E-state index in [-0.39, 0.29) is 27.8 Å². The van der Waals surface area contributed by atoms with Crippen LogP contribution in [-0.4, -0.2) is 55.0 Å². The third-order valence-electron chi connectivity index (χ3n) is 5.64. The van der Waals surface area contributed by atoms with Crippen LogP contribution >= 0.6 is 11.3 Å². The number of amides is 3. The zero-order valence-electron chi connectivity index (χ0n) is 17.0. The summed E-state index contributed by atoms with van der Waals surface area (Å²) in [4.78, 5) is 38.2. The highest BCUT2D eigenvalue weighted by Crippen LogP contribution is 2.30. The van der Waals surface area contributed by atoms with E-state index in [9.17, 15) is 22.8 Å². The lowest BCUT2D eigenvalue weighted by molar-refractivity contribution is -0.119. The molecule has 8 nitrogen and oxygen atoms in total. The largest absolute Gasteiger partial charge is 0.351 e. The summed E-state index contributed by atoms with van der Waals surface area (Å²) in [7, 11) is -3.60. The lowest BCUT2D eigenvalue weighted by Gasteiger charge is -2.32. The maximum Gasteiger partial charge on any atom is 0.261 e. The van der Waals surface area contributed by atoms with Crippen LogP contribution in [0.5, 0.6) is 0 Å². The van der Waals surface area contributed by atoms with Gasteiger partial charge in [-0.15, -0.1) is 11.3 Å². The molecular weight excluding hydrogens is 438 g/mol. The van der Waals surface area contributed by atoms with Crippen LogP contribution in [0.3, 0.4) is 0 Å². The van der Waals surface area contributed by atoms with Crippen molar-refractivity contribution in [1.29, 1.82) is 0 Å². The van der Waals surface area contributed by atoms with E-state index < -0.39 is 10.0 Å². The number of hydrogen-bond donors (Lipinski definition) is 1. The molecule has 0 radical (unpaired) electrons. The maximum absolute atomic E-state index is 13.0. The number of rotatable bonds is 6. The van der Waals surface area contributed by atoms with Gasteiger partial charge in [0.2, 0.25) is 5.91 Å². The minimum atomic E-state index is -3.60. The van der Waals surface area contributed by atoms with Gasteiger partial charge in [0.25, 0.3) is 21.8 Å². The number of carbonyl (C=O) groups is 3. The second-order valence-electron chi connectivity index (χ2n) is 7.74. The van der Waals surface area contributed by atoms with Gasteiger partial charge in [-0.3, -0.25) is 19.3 Å². The Labute approximate surface area is 184 Å². The van der Waals surface area contributed by atoms with Crippen molar-refractivity contribution < 1.29 is 22.8 Å². The number of piperidine rings is 1. The minimum absolute atomic E-state index is 0.0623. The summed E-state index contributed by atoms with van der Waals surface area (Å²) in [5.74, 6) is -0.660. The van der Waals surface area contributed by atoms with Gasteiger partial charge < -0.3 is 5.32 Å². The molecule has 2 aromatic rings. The Morgan fingerprint density at radius 3 is 2.26 bits per heavy atom. The van der Waals surface area contributed by atoms with E-state index in [0.29, 0.717) is 50.1 Å². The molecule has 2 aliphatic heterocycles. The summed E-state index contributed by atoms with van der Waals surface area (Å²) in [6.07, 6.45) is 1.16. The Balaban J connectivity index is 1.36. The highest BCUT2D eigenvalue weighted by Gasteiger charge is 2.38. The second-order valence-corrected chi connectivity index (χ2v) is 11.1. The maximum atomic E-state index is 13.0. The lowest BCUT2D eigenvalue weighted by atomic mass is 9.97. The highest BCUT2D eigenvalue weighted by atomic mass is 32.2. The van der Waals surface area contributed by atoms with Gasteiger partial charge in [0, 0.05) is 31.4 Å². The lowest BCUT2D eigenvalue weighted by Crippen LogP contribution is -2.42. The molecule has 31 heavy (non-hydrogen) atoms. The topological polar surface area (TPSA) is 104 Å². The van der Waals surface area contributed by atoms with Crippen LogP contribution in [0.15, 0.2) is 40.6 Å². The normalized spacial score (nSPS) is 17.8. The second kappa shape index (κ2) is 8.52. The van der Waals surface area contributed by atoms with E-state index in [0.717, 1.165) is 16.2 Å². The fraction of sp³-hybridized carbons (Fsp3) is 0.381. The third kappa shape index (κ3) is 4.28. The smallest absolute Gasteiger partial charge is 0.261 e. The number of carbonyl (C=O) groups excluding carboxylic acids is 3. The quantitative estimate of drug-likeness (QED) is 0.664. The van der Waals surface area contributed by atoms with Crippen molar-refractivity contribution in [2.75, 3.05) is 19.6 Å². The van der Waals surface area contributed by atoms with Gasteiger partial charge >= 0.3 is 0 Å². The number of thiophene rings is 1. The SMILES string of the molecule is CC(=O)NCc1ccc(S(=O)(=O)N2CCC(CN3C(=O)c4ccccc4C3=O)CC2)s1. The van der Waals surface area contributed by atoms with E-state index >= 15 is 0 Å². The van der Waals surface area contributed by atoms with Crippen molar-refractivity contribution in [3.05, 3.63) is 52.4 Å². The van der Waals surface area contributed by atoms with Gasteiger partial charge in [-0.1, -0.05) is 12.1 Å². The number of fused-ring (bicyclic) bond motifs is 1. The third-order valence-corrected chi connectivity index (χ3v) is 9.09. The Hall–Kier alpha value is -2.56. The number of benzene rings is 1. The summed E-state index contributed by atoms with van der Waals surface area (Å²) in [6.45, 7) is 2.71. The average molecular weight is 462 g/mol. The first kappa shape index (κ1) is 21.7. The molecule has 0 bridgehead atoms. The van der Waals surface area contributed by atoms with Crippen molar-refractivity contribution in [3.63, 3.8) is 0 Å². The van der Waals surface area contributed by atoms with E-state index in [4.69, 9.17) is 0 Å². The first-order valence-electron chi connectivity index (χ1n) is 10.1. The predicted molar refractivity (Wildman–Crippen MR) is 115 cm³/mol. The number of nitrogens with zero attached hydrogens (tertiary/aromatic N) is 2. The first-order valence-corrected chi connectivity index (χ1v) is 12.3. The standard InChI is InChI=1S/C21H23N3O5S2/c1-14(25)22-12-16-6-7-19(30-16)31(28,29)23-10-8-15(9-11-23)13-24-20(26)17-4-2-3-5-18(17)21(24)27/h2-7,15H,8-13H2,1H3,(H,22,25). The molecule has 164 valence electrons. The number of hydrogen-bond acceptors (Lipinski definition) is 6. The molecule has 3 heterocycles. The molecule has 0 aliphatic carbocycles. The van der Waals surface area contributed by atoms with Crippen LogP contribution in [0.25, 0.3) is 0 Å². The minimum Gasteiger partial charge on any atom is -0.351 e. The summed E-state index contributed by atoms with van der Waals surface area (Å²) in [6, 6.07) is 10.1. The van der Waals surface area contributed by atoms with E-state index in [1.165, 1.54) is 16.1 Å². The molecule has 0 spiro atoms. The van der Waals surface area contributed by atoms with Crippen LogP contribution in [0, 0.1) is 5.92 Å². The molecule has 1 aromatic carbocycles. The molecule has 0 unspecified atom stereocenters. The average Bonchev–Trinajstić information content (AvgIpc) is 3.33. The highest BCUT2D eigenvalue weighted by molar-refractivity contribution is 7.91. The summed E-state index contributed by atoms with van der Waals surface area (Å²) < 4.78 is 27.7. The Morgan fingerprint density at radius 1 is 1.06 bits per heavy atom. The van der Waals surface area contributed by atoms with Gasteiger partial charge in [0.05, 0.1) is 17.7 Å². The van der Waals surface area contributed by atoms with Crippen LogP contribution in [0.2, 0.25) is 0 Å². The molecule has 0 saturated carbocycles. The Kier molecular flexibility index (Phi) is 5.96. The first-order chi connectivity index (χ1) is 14.8. The molecule has 4 rings (SSSR count). The van der Waals surface area contributed by atoms with Crippen LogP contribution in [0.4, 0.5) is 0 Å². The zero-order chi connectivity index (χ0) is 22.2. The monoisotopic (exact) mass is 461 g/mol. The Morgan fingerprint density at radius 2 is 1.68 bits per heavy atom. The molecule has 2 aliphatic rings. The van der Waals surface area contributed by atoms with E-state index in [1.807, 2.05) is 0 Å². The van der Waals surface area contributed by atoms with Crippen LogP contribution in [0.1, 0.15) is 45.4 Å². The predicted octanol–water partition coefficient (Wildman–Crippen LogP) is 2.08. The molecule has 1 aromatic heterocycles. The van der Waals surface area contributed by atoms with Crippen molar-refractivity contribution in [1.82, 2.24) is 14.5 Å². The molecule has 1 saturated heterocycles. The zero-order valence-corrected chi connectivity index (χ0v) is 18.7. The Bertz CT molecular complexity index is 1100. The van der Waals surface area contributed by atoms with E-state index in [2.05, 4.69) is 5.32 Å². The molecule has 1 fully saturated rings. The van der Waals surface area contributed by atoms with Crippen molar-refractivity contribution >= 4 is 39.1 Å². The van der Waals surface area contributed by atoms with Gasteiger partial charge in [0.15, 0.2) is 0 Å². The summed E-state index contributed by atoms with van der Waals surface area (Å²) >= 11 is 1.15. The van der Waals surface area contributed by atoms with Crippen LogP contribution in [-0.2, 0) is 21.4 Å². The van der Waals surface area contributed by atoms with Gasteiger partial charge in [0.1, 0.15) is 4.21 Å². The van der Waals surface area contributed by atoms with Crippen molar-refractivity contribution in [3.8, 4) is 0 Å². The number of imide groups is 1. The molecule has 10 heteroatoms. The van der Waals surface area contributed by atoms with Crippen molar-refractivity contribution in [2.45, 2.75) is 30.5 Å². The molecular formula is C21H23N3O5S2. The number of nitrogens with one attached hydrogen (secondary N) is 1. The molecule has 3 amide bonds. The molecule has 1 N–H and O–H groups in total. The summed E-state index contributed by atoms with van der Waals surface area (Å²) in [5, 5.41) is 2.66. The molecule has 0 atom stereocenters. The van der Waals surface area contributed by atoms with Crippen molar-refractivity contribution in [2.24, 2.45) is 5.92 Å². The van der Waals surface area contributed by atoms with Gasteiger partial charge in [-0.2, -0.15) is 4.31 Å². The fourth-order valence-electron chi connectivity index (χ4n) is 3.93. The number of sulfonamides is 1. The van der Waals surface area contributed by atoms with Crippen LogP contribution < -0.4 is 5.32 Å². The fourth-order valence-corrected chi connectivity index (χ4v) is 6.85. The van der Waals surface area contributed by atoms with E-state index in [1.54, 1.807) is 36.4 Å². The van der Waals surface area contributed by atoms with Gasteiger partial charge in [-0.25, -0.2) is 8.42 Å².